The zero-order chi connectivity index (χ0) is 13.5. The summed E-state index contributed by atoms with van der Waals surface area (Å²) in [4.78, 5) is 17.6. The van der Waals surface area contributed by atoms with Crippen LogP contribution in [0.5, 0.6) is 0 Å². The van der Waals surface area contributed by atoms with Crippen LogP contribution in [0.1, 0.15) is 39.5 Å². The Kier molecular flexibility index (Phi) is 6.12. The highest BCUT2D eigenvalue weighted by Gasteiger charge is 2.22. The van der Waals surface area contributed by atoms with E-state index in [1.807, 2.05) is 13.8 Å². The lowest BCUT2D eigenvalue weighted by Crippen LogP contribution is -2.38. The Balaban J connectivity index is 2.38. The van der Waals surface area contributed by atoms with Crippen molar-refractivity contribution in [2.24, 2.45) is 28.3 Å². The third kappa shape index (κ3) is 4.64. The van der Waals surface area contributed by atoms with Crippen LogP contribution in [0.25, 0.3) is 0 Å². The number of hydrogen-bond donors (Lipinski definition) is 2. The minimum atomic E-state index is -0.182. The van der Waals surface area contributed by atoms with Crippen molar-refractivity contribution < 1.29 is 4.79 Å². The van der Waals surface area contributed by atoms with E-state index in [9.17, 15) is 4.79 Å². The quantitative estimate of drug-likeness (QED) is 0.590. The SMILES string of the molecule is CC(C)C(N)=NC(=O)N1CCC(CCCN)CC1. The van der Waals surface area contributed by atoms with Gasteiger partial charge in [0.05, 0.1) is 0 Å². The number of piperidine rings is 1. The van der Waals surface area contributed by atoms with Gasteiger partial charge in [0.15, 0.2) is 0 Å². The number of hydrogen-bond acceptors (Lipinski definition) is 2. The summed E-state index contributed by atoms with van der Waals surface area (Å²) in [7, 11) is 0. The number of carbonyl (C=O) groups excluding carboxylic acids is 1. The van der Waals surface area contributed by atoms with Crippen molar-refractivity contribution in [3.05, 3.63) is 0 Å². The second-order valence-corrected chi connectivity index (χ2v) is 5.34. The first-order valence-corrected chi connectivity index (χ1v) is 6.87. The lowest BCUT2D eigenvalue weighted by atomic mass is 9.92. The van der Waals surface area contributed by atoms with Crippen LogP contribution in [0.2, 0.25) is 0 Å². The molecule has 1 aliphatic heterocycles. The summed E-state index contributed by atoms with van der Waals surface area (Å²) in [6.45, 7) is 6.22. The van der Waals surface area contributed by atoms with E-state index in [-0.39, 0.29) is 11.9 Å². The Morgan fingerprint density at radius 2 is 2.00 bits per heavy atom. The summed E-state index contributed by atoms with van der Waals surface area (Å²) in [5.41, 5.74) is 11.2. The molecule has 5 heteroatoms. The molecule has 0 aliphatic carbocycles. The van der Waals surface area contributed by atoms with Gasteiger partial charge in [0.1, 0.15) is 5.84 Å². The molecule has 0 radical (unpaired) electrons. The van der Waals surface area contributed by atoms with Gasteiger partial charge in [0.2, 0.25) is 0 Å². The number of nitrogens with two attached hydrogens (primary N) is 2. The van der Waals surface area contributed by atoms with E-state index in [0.29, 0.717) is 11.8 Å². The maximum absolute atomic E-state index is 11.9. The molecular weight excluding hydrogens is 228 g/mol. The number of amidine groups is 1. The van der Waals surface area contributed by atoms with Crippen LogP contribution in [-0.4, -0.2) is 36.4 Å². The molecule has 0 unspecified atom stereocenters. The van der Waals surface area contributed by atoms with Crippen LogP contribution >= 0.6 is 0 Å². The van der Waals surface area contributed by atoms with Crippen LogP contribution in [0.15, 0.2) is 4.99 Å². The van der Waals surface area contributed by atoms with Crippen molar-refractivity contribution in [1.82, 2.24) is 4.90 Å². The number of aliphatic imine (C=N–C) groups is 1. The molecule has 104 valence electrons. The summed E-state index contributed by atoms with van der Waals surface area (Å²) < 4.78 is 0. The predicted octanol–water partition coefficient (Wildman–Crippen LogP) is 1.57. The molecule has 18 heavy (non-hydrogen) atoms. The van der Waals surface area contributed by atoms with E-state index in [1.165, 1.54) is 6.42 Å². The summed E-state index contributed by atoms with van der Waals surface area (Å²) in [5.74, 6) is 1.25. The Morgan fingerprint density at radius 1 is 1.39 bits per heavy atom. The zero-order valence-electron chi connectivity index (χ0n) is 11.6. The Morgan fingerprint density at radius 3 is 2.50 bits per heavy atom. The fraction of sp³-hybridized carbons (Fsp3) is 0.846. The molecule has 5 nitrogen and oxygen atoms in total. The van der Waals surface area contributed by atoms with Crippen molar-refractivity contribution in [3.8, 4) is 0 Å². The van der Waals surface area contributed by atoms with Gasteiger partial charge < -0.3 is 16.4 Å². The molecule has 1 fully saturated rings. The van der Waals surface area contributed by atoms with Crippen LogP contribution in [-0.2, 0) is 0 Å². The van der Waals surface area contributed by atoms with Crippen molar-refractivity contribution in [2.45, 2.75) is 39.5 Å². The number of likely N-dealkylation sites (tertiary alicyclic amines) is 1. The summed E-state index contributed by atoms with van der Waals surface area (Å²) in [6, 6.07) is -0.182. The van der Waals surface area contributed by atoms with Gasteiger partial charge in [-0.15, -0.1) is 0 Å². The van der Waals surface area contributed by atoms with Gasteiger partial charge in [-0.3, -0.25) is 0 Å². The molecule has 4 N–H and O–H groups in total. The lowest BCUT2D eigenvalue weighted by molar-refractivity contribution is 0.176. The molecule has 0 aromatic rings. The topological polar surface area (TPSA) is 84.7 Å². The second kappa shape index (κ2) is 7.36. The number of urea groups is 1. The van der Waals surface area contributed by atoms with E-state index >= 15 is 0 Å². The minimum Gasteiger partial charge on any atom is -0.387 e. The molecule has 1 aliphatic rings. The highest BCUT2D eigenvalue weighted by atomic mass is 16.2. The standard InChI is InChI=1S/C13H26N4O/c1-10(2)12(15)16-13(18)17-8-5-11(6-9-17)4-3-7-14/h10-11H,3-9,14H2,1-2H3,(H2,15,16,18). The fourth-order valence-electron chi connectivity index (χ4n) is 2.13. The van der Waals surface area contributed by atoms with Gasteiger partial charge in [-0.25, -0.2) is 4.79 Å². The van der Waals surface area contributed by atoms with E-state index in [1.54, 1.807) is 4.90 Å². The van der Waals surface area contributed by atoms with Crippen LogP contribution < -0.4 is 11.5 Å². The molecule has 0 bridgehead atoms. The van der Waals surface area contributed by atoms with Gasteiger partial charge in [-0.2, -0.15) is 4.99 Å². The lowest BCUT2D eigenvalue weighted by Gasteiger charge is -2.30. The van der Waals surface area contributed by atoms with Gasteiger partial charge in [0.25, 0.3) is 0 Å². The number of nitrogens with zero attached hydrogens (tertiary/aromatic N) is 2. The highest BCUT2D eigenvalue weighted by molar-refractivity contribution is 5.93. The highest BCUT2D eigenvalue weighted by Crippen LogP contribution is 2.21. The van der Waals surface area contributed by atoms with Gasteiger partial charge in [-0.05, 0) is 38.1 Å². The molecule has 0 spiro atoms. The smallest absolute Gasteiger partial charge is 0.345 e. The third-order valence-electron chi connectivity index (χ3n) is 3.52. The Hall–Kier alpha value is -1.10. The molecule has 1 rings (SSSR count). The van der Waals surface area contributed by atoms with E-state index in [0.717, 1.165) is 38.9 Å². The summed E-state index contributed by atoms with van der Waals surface area (Å²) >= 11 is 0. The molecule has 1 heterocycles. The second-order valence-electron chi connectivity index (χ2n) is 5.34. The molecule has 1 saturated heterocycles. The van der Waals surface area contributed by atoms with Crippen molar-refractivity contribution in [3.63, 3.8) is 0 Å². The van der Waals surface area contributed by atoms with Crippen LogP contribution in [0, 0.1) is 11.8 Å². The van der Waals surface area contributed by atoms with Crippen molar-refractivity contribution in [1.29, 1.82) is 0 Å². The number of rotatable bonds is 4. The first-order chi connectivity index (χ1) is 8.54. The number of carbonyl (C=O) groups is 1. The first kappa shape index (κ1) is 15.0. The van der Waals surface area contributed by atoms with Gasteiger partial charge in [-0.1, -0.05) is 13.8 Å². The zero-order valence-corrected chi connectivity index (χ0v) is 11.6. The Labute approximate surface area is 110 Å². The molecule has 0 atom stereocenters. The van der Waals surface area contributed by atoms with Crippen molar-refractivity contribution in [2.75, 3.05) is 19.6 Å². The Bertz CT molecular complexity index is 293. The minimum absolute atomic E-state index is 0.121. The average molecular weight is 254 g/mol. The maximum atomic E-state index is 11.9. The first-order valence-electron chi connectivity index (χ1n) is 6.87. The number of amides is 2. The predicted molar refractivity (Wildman–Crippen MR) is 74.4 cm³/mol. The summed E-state index contributed by atoms with van der Waals surface area (Å²) in [6.07, 6.45) is 4.37. The molecular formula is C13H26N4O. The third-order valence-corrected chi connectivity index (χ3v) is 3.52. The largest absolute Gasteiger partial charge is 0.387 e. The van der Waals surface area contributed by atoms with Gasteiger partial charge >= 0.3 is 6.03 Å². The van der Waals surface area contributed by atoms with Crippen LogP contribution in [0.4, 0.5) is 4.79 Å². The summed E-state index contributed by atoms with van der Waals surface area (Å²) in [5, 5.41) is 0. The van der Waals surface area contributed by atoms with E-state index in [4.69, 9.17) is 11.5 Å². The van der Waals surface area contributed by atoms with Crippen LogP contribution in [0.3, 0.4) is 0 Å². The molecule has 0 aromatic heterocycles. The van der Waals surface area contributed by atoms with E-state index in [2.05, 4.69) is 4.99 Å². The molecule has 2 amide bonds. The molecule has 0 saturated carbocycles. The fourth-order valence-corrected chi connectivity index (χ4v) is 2.13. The molecule has 0 aromatic carbocycles. The van der Waals surface area contributed by atoms with Crippen molar-refractivity contribution >= 4 is 11.9 Å². The normalized spacial score (nSPS) is 18.4. The average Bonchev–Trinajstić information content (AvgIpc) is 2.36. The maximum Gasteiger partial charge on any atom is 0.345 e. The van der Waals surface area contributed by atoms with E-state index < -0.39 is 0 Å². The van der Waals surface area contributed by atoms with Gasteiger partial charge in [0, 0.05) is 19.0 Å². The monoisotopic (exact) mass is 254 g/mol.